The lowest BCUT2D eigenvalue weighted by Crippen LogP contribution is -2.63. The molecule has 0 aliphatic carbocycles. The van der Waals surface area contributed by atoms with Gasteiger partial charge in [0.15, 0.2) is 12.2 Å². The monoisotopic (exact) mass is 518 g/mol. The first-order chi connectivity index (χ1) is 17.5. The molecule has 12 heteroatoms. The van der Waals surface area contributed by atoms with E-state index in [0.29, 0.717) is 16.7 Å². The molecule has 3 rings (SSSR count). The van der Waals surface area contributed by atoms with Gasteiger partial charge in [-0.05, 0) is 24.3 Å². The zero-order valence-electron chi connectivity index (χ0n) is 21.5. The first-order valence-corrected chi connectivity index (χ1v) is 11.5. The lowest BCUT2D eigenvalue weighted by molar-refractivity contribution is -0.288. The summed E-state index contributed by atoms with van der Waals surface area (Å²) in [6.07, 6.45) is -4.83. The second-order valence-corrected chi connectivity index (χ2v) is 8.59. The average molecular weight is 519 g/mol. The smallest absolute Gasteiger partial charge is 0.303 e. The van der Waals surface area contributed by atoms with Gasteiger partial charge in [-0.25, -0.2) is 0 Å². The van der Waals surface area contributed by atoms with Crippen molar-refractivity contribution >= 4 is 40.5 Å². The summed E-state index contributed by atoms with van der Waals surface area (Å²) in [5, 5.41) is 0.640. The van der Waals surface area contributed by atoms with Crippen molar-refractivity contribution in [3.8, 4) is 5.75 Å². The van der Waals surface area contributed by atoms with Crippen LogP contribution in [0.1, 0.15) is 27.7 Å². The molecule has 5 atom stereocenters. The van der Waals surface area contributed by atoms with Gasteiger partial charge in [-0.2, -0.15) is 0 Å². The quantitative estimate of drug-likeness (QED) is 0.371. The number of rotatable bonds is 8. The molecule has 0 radical (unpaired) electrons. The van der Waals surface area contributed by atoms with E-state index < -0.39 is 54.6 Å². The van der Waals surface area contributed by atoms with Crippen LogP contribution in [0.2, 0.25) is 0 Å². The van der Waals surface area contributed by atoms with Crippen LogP contribution in [0, 0.1) is 0 Å². The Hall–Kier alpha value is -3.93. The second-order valence-electron chi connectivity index (χ2n) is 8.59. The summed E-state index contributed by atoms with van der Waals surface area (Å²) in [5.41, 5.74) is 1.51. The first kappa shape index (κ1) is 27.7. The summed E-state index contributed by atoms with van der Waals surface area (Å²) >= 11 is 0. The Bertz CT molecular complexity index is 1170. The SMILES string of the molecule is CC(=O)OC[C@H]1O[C@@H](Oc2ccnc3ccc(N(C)C)cc23)[C@H](OC(C)=O)[C@@H](OC(C)=O)[C@@H]1OC(C)=O. The minimum Gasteiger partial charge on any atom is -0.463 e. The molecule has 0 N–H and O–H groups in total. The molecule has 0 bridgehead atoms. The van der Waals surface area contributed by atoms with Crippen LogP contribution >= 0.6 is 0 Å². The largest absolute Gasteiger partial charge is 0.463 e. The number of carbonyl (C=O) groups is 4. The van der Waals surface area contributed by atoms with Crippen LogP contribution in [0.3, 0.4) is 0 Å². The number of hydrogen-bond acceptors (Lipinski definition) is 12. The third-order valence-electron chi connectivity index (χ3n) is 5.39. The summed E-state index contributed by atoms with van der Waals surface area (Å²) in [6, 6.07) is 7.19. The van der Waals surface area contributed by atoms with Crippen LogP contribution in [-0.2, 0) is 42.9 Å². The van der Waals surface area contributed by atoms with Crippen molar-refractivity contribution in [1.29, 1.82) is 0 Å². The van der Waals surface area contributed by atoms with E-state index in [4.69, 9.17) is 28.4 Å². The molecule has 0 unspecified atom stereocenters. The van der Waals surface area contributed by atoms with Crippen molar-refractivity contribution in [1.82, 2.24) is 4.98 Å². The van der Waals surface area contributed by atoms with E-state index in [-0.39, 0.29) is 6.61 Å². The fourth-order valence-corrected chi connectivity index (χ4v) is 3.90. The number of ether oxygens (including phenoxy) is 6. The molecule has 37 heavy (non-hydrogen) atoms. The number of benzene rings is 1. The number of fused-ring (bicyclic) bond motifs is 1. The Balaban J connectivity index is 2.07. The van der Waals surface area contributed by atoms with Crippen LogP contribution in [0.5, 0.6) is 5.75 Å². The minimum absolute atomic E-state index is 0.342. The Morgan fingerprint density at radius 3 is 2.08 bits per heavy atom. The van der Waals surface area contributed by atoms with Crippen LogP contribution in [0.25, 0.3) is 10.9 Å². The Kier molecular flexibility index (Phi) is 8.87. The number of pyridine rings is 1. The maximum Gasteiger partial charge on any atom is 0.303 e. The van der Waals surface area contributed by atoms with Crippen molar-refractivity contribution in [2.24, 2.45) is 0 Å². The highest BCUT2D eigenvalue weighted by molar-refractivity contribution is 5.88. The Labute approximate surface area is 213 Å². The molecule has 1 aromatic carbocycles. The number of nitrogens with zero attached hydrogens (tertiary/aromatic N) is 2. The fraction of sp³-hybridized carbons (Fsp3) is 0.480. The normalized spacial score (nSPS) is 23.0. The topological polar surface area (TPSA) is 140 Å². The summed E-state index contributed by atoms with van der Waals surface area (Å²) in [6.45, 7) is 4.33. The van der Waals surface area contributed by atoms with Crippen molar-refractivity contribution in [2.45, 2.75) is 58.4 Å². The Morgan fingerprint density at radius 2 is 1.49 bits per heavy atom. The summed E-state index contributed by atoms with van der Waals surface area (Å²) in [4.78, 5) is 53.7. The standard InChI is InChI=1S/C25H30N2O10/c1-13(28)32-12-21-22(33-14(2)29)23(34-15(3)30)24(35-16(4)31)25(37-21)36-20-9-10-26-19-8-7-17(27(5)6)11-18(19)20/h7-11,21-25H,12H2,1-6H3/t21-,22-,23+,24-,25-/m1/s1. The maximum atomic E-state index is 12.0. The maximum absolute atomic E-state index is 12.0. The lowest BCUT2D eigenvalue weighted by Gasteiger charge is -2.44. The average Bonchev–Trinajstić information content (AvgIpc) is 2.80. The van der Waals surface area contributed by atoms with E-state index in [2.05, 4.69) is 4.98 Å². The second kappa shape index (κ2) is 11.9. The molecule has 1 aliphatic rings. The molecule has 1 aliphatic heterocycles. The summed E-state index contributed by atoms with van der Waals surface area (Å²) in [7, 11) is 3.77. The number of anilines is 1. The third-order valence-corrected chi connectivity index (χ3v) is 5.39. The molecular formula is C25H30N2O10. The molecule has 0 spiro atoms. The van der Waals surface area contributed by atoms with Gasteiger partial charge < -0.3 is 33.3 Å². The van der Waals surface area contributed by atoms with Gasteiger partial charge in [-0.1, -0.05) is 0 Å². The van der Waals surface area contributed by atoms with Gasteiger partial charge >= 0.3 is 23.9 Å². The van der Waals surface area contributed by atoms with E-state index in [1.54, 1.807) is 6.07 Å². The Morgan fingerprint density at radius 1 is 0.865 bits per heavy atom. The predicted molar refractivity (Wildman–Crippen MR) is 129 cm³/mol. The molecule has 2 heterocycles. The van der Waals surface area contributed by atoms with Crippen molar-refractivity contribution in [3.63, 3.8) is 0 Å². The van der Waals surface area contributed by atoms with Crippen molar-refractivity contribution in [2.75, 3.05) is 25.6 Å². The van der Waals surface area contributed by atoms with E-state index in [0.717, 1.165) is 19.5 Å². The molecule has 200 valence electrons. The minimum atomic E-state index is -1.34. The van der Waals surface area contributed by atoms with Crippen molar-refractivity contribution < 1.29 is 47.6 Å². The highest BCUT2D eigenvalue weighted by atomic mass is 16.7. The van der Waals surface area contributed by atoms with Gasteiger partial charge in [0.1, 0.15) is 18.5 Å². The zero-order valence-corrected chi connectivity index (χ0v) is 21.5. The van der Waals surface area contributed by atoms with E-state index in [9.17, 15) is 19.2 Å². The van der Waals surface area contributed by atoms with Crippen molar-refractivity contribution in [3.05, 3.63) is 30.5 Å². The van der Waals surface area contributed by atoms with Gasteiger partial charge in [-0.3, -0.25) is 24.2 Å². The summed E-state index contributed by atoms with van der Waals surface area (Å²) in [5.74, 6) is -2.42. The van der Waals surface area contributed by atoms with E-state index in [1.165, 1.54) is 20.0 Å². The molecule has 1 saturated heterocycles. The van der Waals surface area contributed by atoms with Crippen LogP contribution in [0.4, 0.5) is 5.69 Å². The highest BCUT2D eigenvalue weighted by Gasteiger charge is 2.53. The highest BCUT2D eigenvalue weighted by Crippen LogP contribution is 2.34. The first-order valence-electron chi connectivity index (χ1n) is 11.5. The van der Waals surface area contributed by atoms with Gasteiger partial charge in [0.05, 0.1) is 5.52 Å². The number of carbonyl (C=O) groups excluding carboxylic acids is 4. The van der Waals surface area contributed by atoms with E-state index >= 15 is 0 Å². The van der Waals surface area contributed by atoms with Gasteiger partial charge in [0.2, 0.25) is 12.4 Å². The lowest BCUT2D eigenvalue weighted by atomic mass is 9.98. The van der Waals surface area contributed by atoms with Crippen LogP contribution < -0.4 is 9.64 Å². The van der Waals surface area contributed by atoms with Crippen LogP contribution in [-0.4, -0.2) is 80.3 Å². The number of esters is 4. The molecular weight excluding hydrogens is 488 g/mol. The molecule has 1 aromatic heterocycles. The third kappa shape index (κ3) is 7.06. The predicted octanol–water partition coefficient (Wildman–Crippen LogP) is 1.76. The van der Waals surface area contributed by atoms with Gasteiger partial charge in [-0.15, -0.1) is 0 Å². The molecule has 2 aromatic rings. The number of hydrogen-bond donors (Lipinski definition) is 0. The van der Waals surface area contributed by atoms with Crippen LogP contribution in [0.15, 0.2) is 30.5 Å². The van der Waals surface area contributed by atoms with Gasteiger partial charge in [0, 0.05) is 59.1 Å². The fourth-order valence-electron chi connectivity index (χ4n) is 3.90. The molecule has 12 nitrogen and oxygen atoms in total. The molecule has 0 amide bonds. The molecule has 1 fully saturated rings. The molecule has 0 saturated carbocycles. The zero-order chi connectivity index (χ0) is 27.3. The summed E-state index contributed by atoms with van der Waals surface area (Å²) < 4.78 is 33.6. The van der Waals surface area contributed by atoms with Gasteiger partial charge in [0.25, 0.3) is 0 Å². The number of aromatic nitrogens is 1. The van der Waals surface area contributed by atoms with E-state index in [1.807, 2.05) is 37.2 Å².